The number of anilines is 1. The molecule has 0 aromatic carbocycles. The standard InChI is InChI=1S/C16H19FN4O/c1-11-7-12(2)20-16(19-11)21-6-5-13(9-21)10-22-15-4-3-14(17)8-18-15/h3-4,7-8,13H,5-6,9-10H2,1-2H3. The van der Waals surface area contributed by atoms with Gasteiger partial charge in [-0.15, -0.1) is 0 Å². The van der Waals surface area contributed by atoms with Crippen LogP contribution in [-0.2, 0) is 0 Å². The third-order valence-electron chi connectivity index (χ3n) is 3.71. The van der Waals surface area contributed by atoms with Crippen molar-refractivity contribution < 1.29 is 9.13 Å². The maximum absolute atomic E-state index is 12.8. The van der Waals surface area contributed by atoms with E-state index in [4.69, 9.17) is 4.74 Å². The number of halogens is 1. The van der Waals surface area contributed by atoms with Crippen LogP contribution in [0.25, 0.3) is 0 Å². The Labute approximate surface area is 129 Å². The monoisotopic (exact) mass is 302 g/mol. The highest BCUT2D eigenvalue weighted by Gasteiger charge is 2.25. The number of rotatable bonds is 4. The Morgan fingerprint density at radius 3 is 2.73 bits per heavy atom. The van der Waals surface area contributed by atoms with E-state index in [1.807, 2.05) is 19.9 Å². The van der Waals surface area contributed by atoms with Crippen molar-refractivity contribution >= 4 is 5.95 Å². The number of aromatic nitrogens is 3. The summed E-state index contributed by atoms with van der Waals surface area (Å²) in [5.41, 5.74) is 1.97. The van der Waals surface area contributed by atoms with Crippen LogP contribution in [0, 0.1) is 25.6 Å². The van der Waals surface area contributed by atoms with Crippen LogP contribution >= 0.6 is 0 Å². The molecular formula is C16H19FN4O. The van der Waals surface area contributed by atoms with Gasteiger partial charge < -0.3 is 9.64 Å². The lowest BCUT2D eigenvalue weighted by molar-refractivity contribution is 0.251. The van der Waals surface area contributed by atoms with Crippen molar-refractivity contribution in [3.63, 3.8) is 0 Å². The van der Waals surface area contributed by atoms with E-state index in [1.165, 1.54) is 12.3 Å². The second-order valence-corrected chi connectivity index (χ2v) is 5.68. The van der Waals surface area contributed by atoms with Crippen molar-refractivity contribution in [2.75, 3.05) is 24.6 Å². The normalized spacial score (nSPS) is 17.8. The fourth-order valence-electron chi connectivity index (χ4n) is 2.65. The summed E-state index contributed by atoms with van der Waals surface area (Å²) in [5.74, 6) is 1.30. The zero-order valence-corrected chi connectivity index (χ0v) is 12.8. The minimum atomic E-state index is -0.355. The highest BCUT2D eigenvalue weighted by molar-refractivity contribution is 5.33. The molecule has 0 aliphatic carbocycles. The molecule has 0 spiro atoms. The predicted octanol–water partition coefficient (Wildman–Crippen LogP) is 2.53. The van der Waals surface area contributed by atoms with Gasteiger partial charge in [0, 0.05) is 36.5 Å². The first-order chi connectivity index (χ1) is 10.6. The zero-order chi connectivity index (χ0) is 15.5. The highest BCUT2D eigenvalue weighted by atomic mass is 19.1. The van der Waals surface area contributed by atoms with Crippen LogP contribution in [0.1, 0.15) is 17.8 Å². The molecule has 3 heterocycles. The molecule has 116 valence electrons. The van der Waals surface area contributed by atoms with Crippen molar-refractivity contribution in [1.29, 1.82) is 0 Å². The Kier molecular flexibility index (Phi) is 4.18. The summed E-state index contributed by atoms with van der Waals surface area (Å²) in [7, 11) is 0. The van der Waals surface area contributed by atoms with Gasteiger partial charge >= 0.3 is 0 Å². The SMILES string of the molecule is Cc1cc(C)nc(N2CCC(COc3ccc(F)cn3)C2)n1. The van der Waals surface area contributed by atoms with Gasteiger partial charge in [0.1, 0.15) is 5.82 Å². The molecule has 3 rings (SSSR count). The van der Waals surface area contributed by atoms with Crippen LogP contribution in [0.4, 0.5) is 10.3 Å². The minimum absolute atomic E-state index is 0.355. The first-order valence-electron chi connectivity index (χ1n) is 7.42. The molecular weight excluding hydrogens is 283 g/mol. The molecule has 5 nitrogen and oxygen atoms in total. The van der Waals surface area contributed by atoms with Crippen LogP contribution < -0.4 is 9.64 Å². The average Bonchev–Trinajstić information content (AvgIpc) is 2.95. The van der Waals surface area contributed by atoms with Gasteiger partial charge in [0.2, 0.25) is 11.8 Å². The number of hydrogen-bond donors (Lipinski definition) is 0. The summed E-state index contributed by atoms with van der Waals surface area (Å²) < 4.78 is 18.4. The maximum atomic E-state index is 12.8. The van der Waals surface area contributed by atoms with E-state index in [0.29, 0.717) is 18.4 Å². The largest absolute Gasteiger partial charge is 0.477 e. The zero-order valence-electron chi connectivity index (χ0n) is 12.8. The molecule has 2 aromatic heterocycles. The molecule has 0 radical (unpaired) electrons. The van der Waals surface area contributed by atoms with Crippen molar-refractivity contribution in [3.05, 3.63) is 41.6 Å². The van der Waals surface area contributed by atoms with Crippen LogP contribution in [-0.4, -0.2) is 34.6 Å². The second-order valence-electron chi connectivity index (χ2n) is 5.68. The van der Waals surface area contributed by atoms with Crippen molar-refractivity contribution in [2.45, 2.75) is 20.3 Å². The molecule has 1 saturated heterocycles. The molecule has 1 fully saturated rings. The van der Waals surface area contributed by atoms with Crippen molar-refractivity contribution in [3.8, 4) is 5.88 Å². The number of hydrogen-bond acceptors (Lipinski definition) is 5. The van der Waals surface area contributed by atoms with Gasteiger partial charge in [-0.2, -0.15) is 0 Å². The number of pyridine rings is 1. The highest BCUT2D eigenvalue weighted by Crippen LogP contribution is 2.22. The Hall–Kier alpha value is -2.24. The van der Waals surface area contributed by atoms with E-state index in [1.54, 1.807) is 6.07 Å². The first kappa shape index (κ1) is 14.7. The van der Waals surface area contributed by atoms with Crippen LogP contribution in [0.2, 0.25) is 0 Å². The van der Waals surface area contributed by atoms with Gasteiger partial charge in [-0.25, -0.2) is 19.3 Å². The van der Waals surface area contributed by atoms with Crippen LogP contribution in [0.3, 0.4) is 0 Å². The van der Waals surface area contributed by atoms with Gasteiger partial charge in [-0.1, -0.05) is 0 Å². The fourth-order valence-corrected chi connectivity index (χ4v) is 2.65. The number of aryl methyl sites for hydroxylation is 2. The lowest BCUT2D eigenvalue weighted by atomic mass is 10.1. The third-order valence-corrected chi connectivity index (χ3v) is 3.71. The Balaban J connectivity index is 1.57. The molecule has 1 atom stereocenters. The lowest BCUT2D eigenvalue weighted by Gasteiger charge is -2.17. The molecule has 0 saturated carbocycles. The van der Waals surface area contributed by atoms with E-state index >= 15 is 0 Å². The van der Waals surface area contributed by atoms with Gasteiger partial charge in [-0.3, -0.25) is 0 Å². The minimum Gasteiger partial charge on any atom is -0.477 e. The molecule has 1 aliphatic rings. The first-order valence-corrected chi connectivity index (χ1v) is 7.42. The Morgan fingerprint density at radius 2 is 2.05 bits per heavy atom. The molecule has 6 heteroatoms. The summed E-state index contributed by atoms with van der Waals surface area (Å²) in [4.78, 5) is 15.1. The average molecular weight is 302 g/mol. The molecule has 22 heavy (non-hydrogen) atoms. The Bertz CT molecular complexity index is 627. The summed E-state index contributed by atoms with van der Waals surface area (Å²) in [6.45, 7) is 6.32. The third kappa shape index (κ3) is 3.50. The van der Waals surface area contributed by atoms with E-state index in [2.05, 4.69) is 19.9 Å². The van der Waals surface area contributed by atoms with Gasteiger partial charge in [-0.05, 0) is 32.4 Å². The van der Waals surface area contributed by atoms with E-state index in [9.17, 15) is 4.39 Å². The fraction of sp³-hybridized carbons (Fsp3) is 0.438. The molecule has 1 aliphatic heterocycles. The lowest BCUT2D eigenvalue weighted by Crippen LogP contribution is -2.24. The van der Waals surface area contributed by atoms with Crippen molar-refractivity contribution in [1.82, 2.24) is 15.0 Å². The smallest absolute Gasteiger partial charge is 0.225 e. The molecule has 0 bridgehead atoms. The molecule has 1 unspecified atom stereocenters. The van der Waals surface area contributed by atoms with Crippen molar-refractivity contribution in [2.24, 2.45) is 5.92 Å². The quantitative estimate of drug-likeness (QED) is 0.868. The second kappa shape index (κ2) is 6.25. The van der Waals surface area contributed by atoms with E-state index in [-0.39, 0.29) is 5.82 Å². The summed E-state index contributed by atoms with van der Waals surface area (Å²) >= 11 is 0. The summed E-state index contributed by atoms with van der Waals surface area (Å²) in [6.07, 6.45) is 2.19. The van der Waals surface area contributed by atoms with Gasteiger partial charge in [0.05, 0.1) is 12.8 Å². The molecule has 2 aromatic rings. The van der Waals surface area contributed by atoms with E-state index < -0.39 is 0 Å². The van der Waals surface area contributed by atoms with Gasteiger partial charge in [0.25, 0.3) is 0 Å². The van der Waals surface area contributed by atoms with Crippen LogP contribution in [0.15, 0.2) is 24.4 Å². The predicted molar refractivity (Wildman–Crippen MR) is 81.5 cm³/mol. The van der Waals surface area contributed by atoms with Gasteiger partial charge in [0.15, 0.2) is 0 Å². The summed E-state index contributed by atoms with van der Waals surface area (Å²) in [5, 5.41) is 0. The van der Waals surface area contributed by atoms with Crippen LogP contribution in [0.5, 0.6) is 5.88 Å². The Morgan fingerprint density at radius 1 is 1.27 bits per heavy atom. The number of nitrogens with zero attached hydrogens (tertiary/aromatic N) is 4. The molecule has 0 amide bonds. The number of ether oxygens (including phenoxy) is 1. The topological polar surface area (TPSA) is 51.1 Å². The maximum Gasteiger partial charge on any atom is 0.225 e. The summed E-state index contributed by atoms with van der Waals surface area (Å²) in [6, 6.07) is 4.88. The van der Waals surface area contributed by atoms with E-state index in [0.717, 1.165) is 36.8 Å². The molecule has 0 N–H and O–H groups in total.